The normalized spacial score (nSPS) is 13.8. The molecule has 10 heteroatoms. The summed E-state index contributed by atoms with van der Waals surface area (Å²) in [6.07, 6.45) is 12.5. The van der Waals surface area contributed by atoms with Gasteiger partial charge in [0.2, 0.25) is 5.91 Å². The van der Waals surface area contributed by atoms with Crippen LogP contribution in [0.1, 0.15) is 31.2 Å². The number of aromatic amines is 2. The molecule has 1 aromatic carbocycles. The highest BCUT2D eigenvalue weighted by Gasteiger charge is 2.23. The van der Waals surface area contributed by atoms with Crippen LogP contribution in [0.5, 0.6) is 0 Å². The molecule has 0 aliphatic heterocycles. The molecule has 7 rings (SSSR count). The summed E-state index contributed by atoms with van der Waals surface area (Å²) in [5.41, 5.74) is 7.12. The number of H-pyrrole nitrogens is 2. The third-order valence-electron chi connectivity index (χ3n) is 7.45. The van der Waals surface area contributed by atoms with Crippen LogP contribution < -0.4 is 5.32 Å². The van der Waals surface area contributed by atoms with Crippen molar-refractivity contribution in [2.24, 2.45) is 5.92 Å². The number of carbonyl (C=O) groups is 1. The summed E-state index contributed by atoms with van der Waals surface area (Å²) in [4.78, 5) is 34.1. The number of halogens is 1. The van der Waals surface area contributed by atoms with Crippen molar-refractivity contribution in [3.8, 4) is 33.9 Å². The third kappa shape index (κ3) is 4.37. The summed E-state index contributed by atoms with van der Waals surface area (Å²) in [6, 6.07) is 8.69. The van der Waals surface area contributed by atoms with Crippen molar-refractivity contribution in [2.45, 2.75) is 32.6 Å². The molecule has 5 aromatic heterocycles. The minimum absolute atomic E-state index is 0.0455. The van der Waals surface area contributed by atoms with Gasteiger partial charge in [0.15, 0.2) is 5.82 Å². The number of rotatable bonds is 5. The second kappa shape index (κ2) is 9.64. The number of aromatic nitrogens is 7. The molecule has 6 aromatic rings. The molecule has 9 nitrogen and oxygen atoms in total. The van der Waals surface area contributed by atoms with Gasteiger partial charge in [-0.3, -0.25) is 24.8 Å². The number of nitrogens with zero attached hydrogens (tertiary/aromatic N) is 5. The molecule has 0 spiro atoms. The average Bonchev–Trinajstić information content (AvgIpc) is 3.71. The zero-order valence-corrected chi connectivity index (χ0v) is 21.7. The maximum Gasteiger partial charge on any atom is 0.227 e. The summed E-state index contributed by atoms with van der Waals surface area (Å²) in [5.74, 6) is 0.356. The molecule has 1 fully saturated rings. The van der Waals surface area contributed by atoms with E-state index >= 15 is 0 Å². The van der Waals surface area contributed by atoms with Crippen molar-refractivity contribution in [1.82, 2.24) is 35.1 Å². The van der Waals surface area contributed by atoms with E-state index in [0.29, 0.717) is 34.0 Å². The Morgan fingerprint density at radius 2 is 1.80 bits per heavy atom. The van der Waals surface area contributed by atoms with E-state index in [1.165, 1.54) is 12.1 Å². The van der Waals surface area contributed by atoms with E-state index in [0.717, 1.165) is 58.8 Å². The van der Waals surface area contributed by atoms with Crippen LogP contribution >= 0.6 is 0 Å². The molecule has 1 saturated carbocycles. The van der Waals surface area contributed by atoms with Gasteiger partial charge in [-0.25, -0.2) is 9.37 Å². The quantitative estimate of drug-likeness (QED) is 0.243. The molecule has 1 amide bonds. The van der Waals surface area contributed by atoms with Gasteiger partial charge in [-0.2, -0.15) is 5.10 Å². The van der Waals surface area contributed by atoms with Crippen LogP contribution in [0.15, 0.2) is 61.3 Å². The number of pyridine rings is 3. The summed E-state index contributed by atoms with van der Waals surface area (Å²) < 4.78 is 14.2. The molecule has 198 valence electrons. The highest BCUT2D eigenvalue weighted by Crippen LogP contribution is 2.33. The first-order valence-corrected chi connectivity index (χ1v) is 13.2. The number of anilines is 1. The molecule has 3 N–H and O–H groups in total. The van der Waals surface area contributed by atoms with E-state index in [-0.39, 0.29) is 17.6 Å². The lowest BCUT2D eigenvalue weighted by Gasteiger charge is -2.11. The van der Waals surface area contributed by atoms with E-state index in [4.69, 9.17) is 4.98 Å². The van der Waals surface area contributed by atoms with E-state index in [1.807, 2.05) is 25.1 Å². The molecule has 1 aliphatic carbocycles. The van der Waals surface area contributed by atoms with Crippen LogP contribution in [0.2, 0.25) is 0 Å². The number of amides is 1. The second-order valence-electron chi connectivity index (χ2n) is 10.3. The van der Waals surface area contributed by atoms with E-state index < -0.39 is 0 Å². The Balaban J connectivity index is 1.25. The van der Waals surface area contributed by atoms with Crippen molar-refractivity contribution >= 4 is 33.5 Å². The second-order valence-corrected chi connectivity index (χ2v) is 10.3. The fourth-order valence-corrected chi connectivity index (χ4v) is 5.48. The maximum absolute atomic E-state index is 14.2. The SMILES string of the molecule is Cc1cc(F)cc(-c2cncc3[nH]c(-c4n[nH]c5cnc(-c6cncc(NC(=O)C7CCCC7)c6)cc45)nc23)c1. The van der Waals surface area contributed by atoms with Gasteiger partial charge in [0.05, 0.1) is 46.5 Å². The van der Waals surface area contributed by atoms with Crippen LogP contribution in [0.3, 0.4) is 0 Å². The van der Waals surface area contributed by atoms with Gasteiger partial charge in [-0.05, 0) is 55.2 Å². The van der Waals surface area contributed by atoms with Crippen LogP contribution in [0, 0.1) is 18.7 Å². The lowest BCUT2D eigenvalue weighted by Crippen LogP contribution is -2.20. The Hall–Kier alpha value is -4.99. The number of benzene rings is 1. The highest BCUT2D eigenvalue weighted by molar-refractivity contribution is 5.98. The minimum Gasteiger partial charge on any atom is -0.335 e. The number of nitrogens with one attached hydrogen (secondary N) is 3. The molecule has 0 unspecified atom stereocenters. The first kappa shape index (κ1) is 24.1. The zero-order valence-electron chi connectivity index (χ0n) is 21.7. The topological polar surface area (TPSA) is 125 Å². The van der Waals surface area contributed by atoms with Gasteiger partial charge in [-0.15, -0.1) is 0 Å². The van der Waals surface area contributed by atoms with Crippen molar-refractivity contribution in [2.75, 3.05) is 5.32 Å². The molecule has 1 aliphatic rings. The number of carbonyl (C=O) groups excluding carboxylic acids is 1. The number of hydrogen-bond donors (Lipinski definition) is 3. The monoisotopic (exact) mass is 532 g/mol. The highest BCUT2D eigenvalue weighted by atomic mass is 19.1. The lowest BCUT2D eigenvalue weighted by atomic mass is 10.0. The van der Waals surface area contributed by atoms with Crippen molar-refractivity contribution < 1.29 is 9.18 Å². The molecule has 5 heterocycles. The van der Waals surface area contributed by atoms with E-state index in [1.54, 1.807) is 31.0 Å². The van der Waals surface area contributed by atoms with Crippen molar-refractivity contribution in [1.29, 1.82) is 0 Å². The smallest absolute Gasteiger partial charge is 0.227 e. The number of aryl methyl sites for hydroxylation is 1. The summed E-state index contributed by atoms with van der Waals surface area (Å²) in [6.45, 7) is 1.85. The van der Waals surface area contributed by atoms with E-state index in [9.17, 15) is 9.18 Å². The number of hydrogen-bond acceptors (Lipinski definition) is 6. The Morgan fingerprint density at radius 1 is 0.950 bits per heavy atom. The van der Waals surface area contributed by atoms with Gasteiger partial charge in [0.1, 0.15) is 11.5 Å². The molecule has 0 saturated heterocycles. The molecule has 0 atom stereocenters. The fourth-order valence-electron chi connectivity index (χ4n) is 5.48. The van der Waals surface area contributed by atoms with Crippen LogP contribution in [0.25, 0.3) is 55.8 Å². The van der Waals surface area contributed by atoms with Gasteiger partial charge in [0.25, 0.3) is 0 Å². The minimum atomic E-state index is -0.308. The Kier molecular flexibility index (Phi) is 5.80. The van der Waals surface area contributed by atoms with Crippen molar-refractivity contribution in [3.05, 3.63) is 72.7 Å². The summed E-state index contributed by atoms with van der Waals surface area (Å²) >= 11 is 0. The third-order valence-corrected chi connectivity index (χ3v) is 7.45. The predicted octanol–water partition coefficient (Wildman–Crippen LogP) is 6.20. The van der Waals surface area contributed by atoms with E-state index in [2.05, 4.69) is 35.5 Å². The molecule has 0 radical (unpaired) electrons. The van der Waals surface area contributed by atoms with Crippen LogP contribution in [0.4, 0.5) is 10.1 Å². The Bertz CT molecular complexity index is 1880. The fraction of sp³-hybridized carbons (Fsp3) is 0.200. The molecule has 0 bridgehead atoms. The Morgan fingerprint density at radius 3 is 2.65 bits per heavy atom. The van der Waals surface area contributed by atoms with Gasteiger partial charge < -0.3 is 10.3 Å². The first-order valence-electron chi connectivity index (χ1n) is 13.2. The first-order chi connectivity index (χ1) is 19.5. The summed E-state index contributed by atoms with van der Waals surface area (Å²) in [7, 11) is 0. The van der Waals surface area contributed by atoms with Crippen molar-refractivity contribution in [3.63, 3.8) is 0 Å². The maximum atomic E-state index is 14.2. The predicted molar refractivity (Wildman–Crippen MR) is 151 cm³/mol. The number of fused-ring (bicyclic) bond motifs is 2. The van der Waals surface area contributed by atoms with Crippen LogP contribution in [-0.2, 0) is 4.79 Å². The lowest BCUT2D eigenvalue weighted by molar-refractivity contribution is -0.119. The zero-order chi connectivity index (χ0) is 27.2. The van der Waals surface area contributed by atoms with Gasteiger partial charge in [-0.1, -0.05) is 18.9 Å². The standard InChI is InChI=1S/C30H25FN8O/c1-16-6-18(8-20(31)7-16)23-13-33-14-26-27(23)37-29(36-26)28-22-10-24(34-15-25(22)38-39-28)19-9-21(12-32-11-19)35-30(40)17-4-2-3-5-17/h6-15,17H,2-5H2,1H3,(H,35,40)(H,36,37)(H,38,39). The largest absolute Gasteiger partial charge is 0.335 e. The molecule has 40 heavy (non-hydrogen) atoms. The number of imidazole rings is 1. The van der Waals surface area contributed by atoms with Gasteiger partial charge >= 0.3 is 0 Å². The van der Waals surface area contributed by atoms with Gasteiger partial charge in [0, 0.05) is 34.8 Å². The van der Waals surface area contributed by atoms with Crippen LogP contribution in [-0.4, -0.2) is 41.0 Å². The molecular formula is C30H25FN8O. The Labute approximate surface area is 228 Å². The molecular weight excluding hydrogens is 507 g/mol. The average molecular weight is 533 g/mol. The summed E-state index contributed by atoms with van der Waals surface area (Å²) in [5, 5.41) is 11.4.